The Bertz CT molecular complexity index is 1150. The number of pyridine rings is 1. The predicted molar refractivity (Wildman–Crippen MR) is 130 cm³/mol. The minimum atomic E-state index is -2.97. The van der Waals surface area contributed by atoms with E-state index in [1.165, 1.54) is 12.1 Å². The van der Waals surface area contributed by atoms with Gasteiger partial charge in [-0.1, -0.05) is 37.3 Å². The van der Waals surface area contributed by atoms with Gasteiger partial charge < -0.3 is 10.6 Å². The summed E-state index contributed by atoms with van der Waals surface area (Å²) in [5.74, 6) is -2.57. The Morgan fingerprint density at radius 2 is 1.71 bits per heavy atom. The van der Waals surface area contributed by atoms with Crippen LogP contribution >= 0.6 is 0 Å². The van der Waals surface area contributed by atoms with Crippen LogP contribution in [0.1, 0.15) is 31.4 Å². The summed E-state index contributed by atoms with van der Waals surface area (Å²) in [6, 6.07) is 10.1. The van der Waals surface area contributed by atoms with Gasteiger partial charge in [-0.3, -0.25) is 9.79 Å². The number of halogens is 2. The fourth-order valence-electron chi connectivity index (χ4n) is 3.08. The van der Waals surface area contributed by atoms with Crippen molar-refractivity contribution in [1.82, 2.24) is 15.0 Å². The van der Waals surface area contributed by atoms with Crippen LogP contribution in [0, 0.1) is 0 Å². The van der Waals surface area contributed by atoms with Gasteiger partial charge in [0, 0.05) is 49.9 Å². The third-order valence-electron chi connectivity index (χ3n) is 4.79. The fourth-order valence-corrected chi connectivity index (χ4v) is 3.08. The topological polar surface area (TPSA) is 92.2 Å². The van der Waals surface area contributed by atoms with Crippen LogP contribution in [0.4, 0.5) is 20.5 Å². The van der Waals surface area contributed by atoms with Crippen molar-refractivity contribution in [3.8, 4) is 11.1 Å². The Balaban J connectivity index is 1.59. The van der Waals surface area contributed by atoms with Crippen molar-refractivity contribution in [2.75, 3.05) is 17.7 Å². The number of carbonyl (C=O) groups is 1. The van der Waals surface area contributed by atoms with E-state index >= 15 is 0 Å². The van der Waals surface area contributed by atoms with Gasteiger partial charge in [-0.25, -0.2) is 23.7 Å². The first kappa shape index (κ1) is 24.6. The van der Waals surface area contributed by atoms with Gasteiger partial charge >= 0.3 is 0 Å². The van der Waals surface area contributed by atoms with Gasteiger partial charge in [0.1, 0.15) is 5.82 Å². The van der Waals surface area contributed by atoms with Gasteiger partial charge in [0.05, 0.1) is 12.1 Å². The summed E-state index contributed by atoms with van der Waals surface area (Å²) in [7, 11) is 1.70. The van der Waals surface area contributed by atoms with E-state index in [0.717, 1.165) is 41.9 Å². The van der Waals surface area contributed by atoms with Crippen molar-refractivity contribution < 1.29 is 13.6 Å². The molecule has 0 aliphatic carbocycles. The Kier molecular flexibility index (Phi) is 8.13. The van der Waals surface area contributed by atoms with Crippen molar-refractivity contribution in [1.29, 1.82) is 0 Å². The first-order chi connectivity index (χ1) is 16.3. The molecule has 0 fully saturated rings. The van der Waals surface area contributed by atoms with E-state index in [0.29, 0.717) is 5.95 Å². The van der Waals surface area contributed by atoms with Gasteiger partial charge in [0.15, 0.2) is 0 Å². The molecule has 0 aliphatic heterocycles. The summed E-state index contributed by atoms with van der Waals surface area (Å²) in [5, 5.41) is 5.74. The number of rotatable bonds is 9. The van der Waals surface area contributed by atoms with Gasteiger partial charge in [-0.2, -0.15) is 0 Å². The SMILES string of the molecule is CC/C=C(\C=N/C)Nc1ncc(-c2ccc(CC(=O)Nc3ccc(C(C)(F)F)cn3)cc2)cn1. The van der Waals surface area contributed by atoms with Gasteiger partial charge in [-0.05, 0) is 29.7 Å². The molecule has 0 spiro atoms. The molecule has 2 N–H and O–H groups in total. The number of hydrogen-bond donors (Lipinski definition) is 2. The van der Waals surface area contributed by atoms with Crippen molar-refractivity contribution in [3.05, 3.63) is 77.9 Å². The van der Waals surface area contributed by atoms with Crippen LogP contribution in [-0.2, 0) is 17.1 Å². The molecule has 0 saturated heterocycles. The lowest BCUT2D eigenvalue weighted by Crippen LogP contribution is -2.16. The average molecular weight is 465 g/mol. The van der Waals surface area contributed by atoms with E-state index in [-0.39, 0.29) is 23.7 Å². The number of anilines is 2. The second-order valence-electron chi connectivity index (χ2n) is 7.62. The Hall–Kier alpha value is -4.01. The molecule has 0 unspecified atom stereocenters. The third-order valence-corrected chi connectivity index (χ3v) is 4.79. The van der Waals surface area contributed by atoms with Crippen molar-refractivity contribution in [3.63, 3.8) is 0 Å². The summed E-state index contributed by atoms with van der Waals surface area (Å²) in [6.45, 7) is 2.83. The number of nitrogens with one attached hydrogen (secondary N) is 2. The molecule has 9 heteroatoms. The molecule has 2 heterocycles. The standard InChI is InChI=1S/C25H26F2N6O/c1-4-5-21(16-28-3)32-24-30-13-19(14-31-24)18-8-6-17(7-9-18)12-23(34)33-22-11-10-20(15-29-22)25(2,26)27/h5-11,13-16H,4,12H2,1-3H3,(H,29,33,34)(H,30,31,32)/b21-5+,28-16-. The summed E-state index contributed by atoms with van der Waals surface area (Å²) >= 11 is 0. The normalized spacial score (nSPS) is 12.1. The lowest BCUT2D eigenvalue weighted by Gasteiger charge is -2.11. The van der Waals surface area contributed by atoms with Crippen LogP contribution in [0.3, 0.4) is 0 Å². The maximum atomic E-state index is 13.3. The molecule has 7 nitrogen and oxygen atoms in total. The molecule has 2 aromatic heterocycles. The van der Waals surface area contributed by atoms with Gasteiger partial charge in [0.2, 0.25) is 11.9 Å². The molecular formula is C25H26F2N6O. The molecule has 3 aromatic rings. The van der Waals surface area contributed by atoms with E-state index in [1.54, 1.807) is 25.7 Å². The number of hydrogen-bond acceptors (Lipinski definition) is 6. The van der Waals surface area contributed by atoms with Crippen molar-refractivity contribution >= 4 is 23.9 Å². The highest BCUT2D eigenvalue weighted by molar-refractivity contribution is 5.91. The van der Waals surface area contributed by atoms with Crippen LogP contribution in [0.2, 0.25) is 0 Å². The number of benzene rings is 1. The molecule has 1 amide bonds. The van der Waals surface area contributed by atoms with Crippen LogP contribution < -0.4 is 10.6 Å². The summed E-state index contributed by atoms with van der Waals surface area (Å²) in [4.78, 5) is 28.9. The van der Waals surface area contributed by atoms with Crippen LogP contribution in [0.15, 0.2) is 71.8 Å². The summed E-state index contributed by atoms with van der Waals surface area (Å²) < 4.78 is 26.5. The number of amides is 1. The largest absolute Gasteiger partial charge is 0.323 e. The highest BCUT2D eigenvalue weighted by Crippen LogP contribution is 2.26. The van der Waals surface area contributed by atoms with E-state index in [2.05, 4.69) is 30.6 Å². The highest BCUT2D eigenvalue weighted by Gasteiger charge is 2.24. The highest BCUT2D eigenvalue weighted by atomic mass is 19.3. The van der Waals surface area contributed by atoms with Crippen LogP contribution in [0.25, 0.3) is 11.1 Å². The van der Waals surface area contributed by atoms with E-state index in [4.69, 9.17) is 0 Å². The summed E-state index contributed by atoms with van der Waals surface area (Å²) in [6.07, 6.45) is 9.19. The smallest absolute Gasteiger partial charge is 0.272 e. The number of carbonyl (C=O) groups excluding carboxylic acids is 1. The zero-order chi connectivity index (χ0) is 24.6. The maximum Gasteiger partial charge on any atom is 0.272 e. The zero-order valence-electron chi connectivity index (χ0n) is 19.2. The Morgan fingerprint density at radius 3 is 2.26 bits per heavy atom. The first-order valence-corrected chi connectivity index (χ1v) is 10.7. The molecule has 0 atom stereocenters. The number of aromatic nitrogens is 3. The van der Waals surface area contributed by atoms with Crippen LogP contribution in [0.5, 0.6) is 0 Å². The molecule has 0 bridgehead atoms. The predicted octanol–water partition coefficient (Wildman–Crippen LogP) is 5.24. The van der Waals surface area contributed by atoms with Gasteiger partial charge in [0.25, 0.3) is 5.92 Å². The molecule has 1 aromatic carbocycles. The monoisotopic (exact) mass is 464 g/mol. The second kappa shape index (κ2) is 11.2. The quantitative estimate of drug-likeness (QED) is 0.423. The average Bonchev–Trinajstić information content (AvgIpc) is 2.80. The zero-order valence-corrected chi connectivity index (χ0v) is 19.2. The molecule has 176 valence electrons. The second-order valence-corrected chi connectivity index (χ2v) is 7.62. The number of allylic oxidation sites excluding steroid dienone is 2. The number of nitrogens with zero attached hydrogens (tertiary/aromatic N) is 4. The molecule has 3 rings (SSSR count). The minimum absolute atomic E-state index is 0.124. The molecule has 0 radical (unpaired) electrons. The third kappa shape index (κ3) is 6.99. The van der Waals surface area contributed by atoms with Crippen LogP contribution in [-0.4, -0.2) is 34.1 Å². The molecular weight excluding hydrogens is 438 g/mol. The first-order valence-electron chi connectivity index (χ1n) is 10.7. The maximum absolute atomic E-state index is 13.3. The Labute approximate surface area is 197 Å². The fraction of sp³-hybridized carbons (Fsp3) is 0.240. The number of aliphatic imine (C=N–C) groups is 1. The number of alkyl halides is 2. The van der Waals surface area contributed by atoms with Gasteiger partial charge in [-0.15, -0.1) is 0 Å². The van der Waals surface area contributed by atoms with Crippen molar-refractivity contribution in [2.45, 2.75) is 32.6 Å². The minimum Gasteiger partial charge on any atom is -0.323 e. The van der Waals surface area contributed by atoms with E-state index < -0.39 is 5.92 Å². The van der Waals surface area contributed by atoms with E-state index in [1.807, 2.05) is 37.3 Å². The molecule has 34 heavy (non-hydrogen) atoms. The summed E-state index contributed by atoms with van der Waals surface area (Å²) in [5.41, 5.74) is 3.17. The Morgan fingerprint density at radius 1 is 1.00 bits per heavy atom. The van der Waals surface area contributed by atoms with E-state index in [9.17, 15) is 13.6 Å². The van der Waals surface area contributed by atoms with Crippen molar-refractivity contribution in [2.24, 2.45) is 4.99 Å². The molecule has 0 saturated carbocycles. The molecule has 0 aliphatic rings. The lowest BCUT2D eigenvalue weighted by molar-refractivity contribution is -0.115. The lowest BCUT2D eigenvalue weighted by atomic mass is 10.1.